The first-order valence-corrected chi connectivity index (χ1v) is 6.89. The van der Waals surface area contributed by atoms with Crippen molar-refractivity contribution in [3.63, 3.8) is 0 Å². The van der Waals surface area contributed by atoms with Crippen LogP contribution < -0.4 is 4.74 Å². The molecule has 1 aromatic carbocycles. The van der Waals surface area contributed by atoms with E-state index in [0.717, 1.165) is 28.6 Å². The van der Waals surface area contributed by atoms with Gasteiger partial charge in [0, 0.05) is 18.0 Å². The van der Waals surface area contributed by atoms with E-state index in [9.17, 15) is 5.11 Å². The Morgan fingerprint density at radius 3 is 2.61 bits per heavy atom. The molecule has 0 radical (unpaired) electrons. The van der Waals surface area contributed by atoms with E-state index in [-0.39, 0.29) is 12.2 Å². The first kappa shape index (κ1) is 15.5. The number of hydrogen-bond donors (Lipinski definition) is 1. The summed E-state index contributed by atoms with van der Waals surface area (Å²) >= 11 is 3.43. The van der Waals surface area contributed by atoms with Gasteiger partial charge in [-0.1, -0.05) is 15.9 Å². The summed E-state index contributed by atoms with van der Waals surface area (Å²) in [6.07, 6.45) is 1.99. The van der Waals surface area contributed by atoms with Gasteiger partial charge in [-0.25, -0.2) is 0 Å². The maximum Gasteiger partial charge on any atom is 0.122 e. The van der Waals surface area contributed by atoms with E-state index in [2.05, 4.69) is 15.9 Å². The summed E-state index contributed by atoms with van der Waals surface area (Å²) < 4.78 is 11.5. The molecule has 0 spiro atoms. The summed E-state index contributed by atoms with van der Waals surface area (Å²) in [5.41, 5.74) is 1.02. The molecule has 0 aliphatic rings. The van der Waals surface area contributed by atoms with Crippen LogP contribution in [0.15, 0.2) is 22.7 Å². The predicted molar refractivity (Wildman–Crippen MR) is 76.1 cm³/mol. The maximum absolute atomic E-state index is 10.0. The molecule has 0 saturated heterocycles. The van der Waals surface area contributed by atoms with Crippen LogP contribution in [0.3, 0.4) is 0 Å². The Labute approximate surface area is 117 Å². The summed E-state index contributed by atoms with van der Waals surface area (Å²) in [5.74, 6) is 0.817. The van der Waals surface area contributed by atoms with Crippen molar-refractivity contribution in [2.24, 2.45) is 0 Å². The average Bonchev–Trinajstić information content (AvgIpc) is 2.36. The fourth-order valence-corrected chi connectivity index (χ4v) is 2.22. The van der Waals surface area contributed by atoms with E-state index >= 15 is 0 Å². The number of aliphatic hydroxyl groups excluding tert-OH is 1. The largest absolute Gasteiger partial charge is 0.496 e. The molecule has 0 aliphatic heterocycles. The Kier molecular flexibility index (Phi) is 6.68. The molecule has 1 N–H and O–H groups in total. The molecule has 0 amide bonds. The monoisotopic (exact) mass is 316 g/mol. The Morgan fingerprint density at radius 2 is 2.00 bits per heavy atom. The van der Waals surface area contributed by atoms with E-state index < -0.39 is 0 Å². The van der Waals surface area contributed by atoms with Gasteiger partial charge in [0.05, 0.1) is 19.3 Å². The number of rotatable bonds is 7. The van der Waals surface area contributed by atoms with Crippen LogP contribution in [0.5, 0.6) is 5.75 Å². The number of aliphatic hydroxyl groups is 1. The van der Waals surface area contributed by atoms with Crippen LogP contribution in [-0.4, -0.2) is 31.5 Å². The SMILES string of the molecule is COc1ccc(Br)cc1CC(O)CCC(C)OC. The van der Waals surface area contributed by atoms with Crippen molar-refractivity contribution in [1.29, 1.82) is 0 Å². The lowest BCUT2D eigenvalue weighted by Crippen LogP contribution is -2.15. The second kappa shape index (κ2) is 7.77. The molecular formula is C14H21BrO3. The van der Waals surface area contributed by atoms with Gasteiger partial charge in [-0.3, -0.25) is 0 Å². The molecule has 0 fully saturated rings. The van der Waals surface area contributed by atoms with Gasteiger partial charge in [0.1, 0.15) is 5.75 Å². The Morgan fingerprint density at radius 1 is 1.28 bits per heavy atom. The van der Waals surface area contributed by atoms with Crippen molar-refractivity contribution in [1.82, 2.24) is 0 Å². The van der Waals surface area contributed by atoms with Gasteiger partial charge >= 0.3 is 0 Å². The van der Waals surface area contributed by atoms with Crippen LogP contribution in [0.25, 0.3) is 0 Å². The zero-order valence-corrected chi connectivity index (χ0v) is 12.7. The van der Waals surface area contributed by atoms with E-state index in [0.29, 0.717) is 6.42 Å². The number of benzene rings is 1. The zero-order valence-electron chi connectivity index (χ0n) is 11.1. The Balaban J connectivity index is 2.57. The predicted octanol–water partition coefficient (Wildman–Crippen LogP) is 3.18. The van der Waals surface area contributed by atoms with Gasteiger partial charge in [0.2, 0.25) is 0 Å². The highest BCUT2D eigenvalue weighted by atomic mass is 79.9. The lowest BCUT2D eigenvalue weighted by atomic mass is 10.0. The Hall–Kier alpha value is -0.580. The molecule has 2 atom stereocenters. The molecule has 0 aliphatic carbocycles. The third-order valence-electron chi connectivity index (χ3n) is 3.01. The van der Waals surface area contributed by atoms with Crippen molar-refractivity contribution in [2.75, 3.05) is 14.2 Å². The third-order valence-corrected chi connectivity index (χ3v) is 3.50. The van der Waals surface area contributed by atoms with Crippen molar-refractivity contribution < 1.29 is 14.6 Å². The molecule has 3 nitrogen and oxygen atoms in total. The molecule has 18 heavy (non-hydrogen) atoms. The van der Waals surface area contributed by atoms with Gasteiger partial charge in [-0.2, -0.15) is 0 Å². The molecular weight excluding hydrogens is 296 g/mol. The zero-order chi connectivity index (χ0) is 13.5. The highest BCUT2D eigenvalue weighted by Gasteiger charge is 2.12. The van der Waals surface area contributed by atoms with Gasteiger partial charge in [-0.15, -0.1) is 0 Å². The van der Waals surface area contributed by atoms with Crippen LogP contribution >= 0.6 is 15.9 Å². The number of ether oxygens (including phenoxy) is 2. The fraction of sp³-hybridized carbons (Fsp3) is 0.571. The lowest BCUT2D eigenvalue weighted by molar-refractivity contribution is 0.0850. The summed E-state index contributed by atoms with van der Waals surface area (Å²) in [6, 6.07) is 5.83. The fourth-order valence-electron chi connectivity index (χ4n) is 1.81. The van der Waals surface area contributed by atoms with Crippen molar-refractivity contribution in [3.05, 3.63) is 28.2 Å². The maximum atomic E-state index is 10.0. The standard InChI is InChI=1S/C14H21BrO3/c1-10(17-2)4-6-13(16)9-11-8-12(15)5-7-14(11)18-3/h5,7-8,10,13,16H,4,6,9H2,1-3H3. The molecule has 0 aromatic heterocycles. The molecule has 1 rings (SSSR count). The molecule has 0 heterocycles. The molecule has 1 aromatic rings. The van der Waals surface area contributed by atoms with Crippen LogP contribution in [0.1, 0.15) is 25.3 Å². The van der Waals surface area contributed by atoms with Gasteiger partial charge in [-0.05, 0) is 43.5 Å². The summed E-state index contributed by atoms with van der Waals surface area (Å²) in [4.78, 5) is 0. The van der Waals surface area contributed by atoms with E-state index in [1.807, 2.05) is 25.1 Å². The first-order chi connectivity index (χ1) is 8.56. The molecule has 2 unspecified atom stereocenters. The lowest BCUT2D eigenvalue weighted by Gasteiger charge is -2.15. The van der Waals surface area contributed by atoms with Gasteiger partial charge in [0.25, 0.3) is 0 Å². The van der Waals surface area contributed by atoms with E-state index in [1.165, 1.54) is 0 Å². The van der Waals surface area contributed by atoms with E-state index in [4.69, 9.17) is 9.47 Å². The van der Waals surface area contributed by atoms with Crippen LogP contribution in [0.4, 0.5) is 0 Å². The summed E-state index contributed by atoms with van der Waals surface area (Å²) in [7, 11) is 3.33. The van der Waals surface area contributed by atoms with E-state index in [1.54, 1.807) is 14.2 Å². The Bertz CT molecular complexity index is 368. The minimum Gasteiger partial charge on any atom is -0.496 e. The topological polar surface area (TPSA) is 38.7 Å². The molecule has 102 valence electrons. The van der Waals surface area contributed by atoms with Gasteiger partial charge < -0.3 is 14.6 Å². The summed E-state index contributed by atoms with van der Waals surface area (Å²) in [6.45, 7) is 2.01. The first-order valence-electron chi connectivity index (χ1n) is 6.10. The third kappa shape index (κ3) is 4.96. The second-order valence-corrected chi connectivity index (χ2v) is 5.35. The summed E-state index contributed by atoms with van der Waals surface area (Å²) in [5, 5.41) is 10.0. The smallest absolute Gasteiger partial charge is 0.122 e. The van der Waals surface area contributed by atoms with Crippen LogP contribution in [0, 0.1) is 0 Å². The van der Waals surface area contributed by atoms with Crippen LogP contribution in [0.2, 0.25) is 0 Å². The highest BCUT2D eigenvalue weighted by molar-refractivity contribution is 9.10. The number of methoxy groups -OCH3 is 2. The van der Waals surface area contributed by atoms with Crippen LogP contribution in [-0.2, 0) is 11.2 Å². The normalized spacial score (nSPS) is 14.3. The molecule has 4 heteroatoms. The molecule has 0 bridgehead atoms. The number of halogens is 1. The minimum absolute atomic E-state index is 0.184. The second-order valence-electron chi connectivity index (χ2n) is 4.44. The quantitative estimate of drug-likeness (QED) is 0.839. The van der Waals surface area contributed by atoms with Crippen molar-refractivity contribution >= 4 is 15.9 Å². The average molecular weight is 317 g/mol. The number of hydrogen-bond acceptors (Lipinski definition) is 3. The highest BCUT2D eigenvalue weighted by Crippen LogP contribution is 2.25. The van der Waals surface area contributed by atoms with Crippen molar-refractivity contribution in [3.8, 4) is 5.75 Å². The molecule has 0 saturated carbocycles. The van der Waals surface area contributed by atoms with Gasteiger partial charge in [0.15, 0.2) is 0 Å². The van der Waals surface area contributed by atoms with Crippen molar-refractivity contribution in [2.45, 2.75) is 38.4 Å². The minimum atomic E-state index is -0.370.